The van der Waals surface area contributed by atoms with Gasteiger partial charge in [-0.05, 0) is 43.4 Å². The zero-order chi connectivity index (χ0) is 19.9. The maximum absolute atomic E-state index is 10.8. The molecule has 2 heterocycles. The molecule has 2 rings (SSSR count). The first-order chi connectivity index (χ1) is 11.8. The predicted octanol–water partition coefficient (Wildman–Crippen LogP) is 3.56. The average molecular weight is 388 g/mol. The molecule has 2 aliphatic heterocycles. The second-order valence-corrected chi connectivity index (χ2v) is 13.6. The van der Waals surface area contributed by atoms with Crippen molar-refractivity contribution in [1.29, 1.82) is 0 Å². The van der Waals surface area contributed by atoms with Gasteiger partial charge in [0.2, 0.25) is 0 Å². The maximum Gasteiger partial charge on any atom is 0.196 e. The van der Waals surface area contributed by atoms with Gasteiger partial charge in [0.25, 0.3) is 0 Å². The van der Waals surface area contributed by atoms with E-state index in [-0.39, 0.29) is 11.6 Å². The van der Waals surface area contributed by atoms with Crippen LogP contribution in [0.5, 0.6) is 0 Å². The van der Waals surface area contributed by atoms with Gasteiger partial charge in [-0.1, -0.05) is 32.8 Å². The summed E-state index contributed by atoms with van der Waals surface area (Å²) in [6.07, 6.45) is -2.95. The first kappa shape index (κ1) is 21.6. The van der Waals surface area contributed by atoms with Gasteiger partial charge in [-0.25, -0.2) is 0 Å². The second kappa shape index (κ2) is 7.39. The molecule has 0 aromatic rings. The molecule has 26 heavy (non-hydrogen) atoms. The van der Waals surface area contributed by atoms with E-state index in [9.17, 15) is 5.11 Å². The van der Waals surface area contributed by atoms with E-state index in [0.29, 0.717) is 5.92 Å². The Balaban J connectivity index is 2.26. The van der Waals surface area contributed by atoms with Crippen LogP contribution in [0.4, 0.5) is 0 Å². The van der Waals surface area contributed by atoms with E-state index in [1.54, 1.807) is 13.8 Å². The lowest BCUT2D eigenvalue weighted by molar-refractivity contribution is -0.361. The van der Waals surface area contributed by atoms with Crippen molar-refractivity contribution in [3.05, 3.63) is 10.4 Å². The number of azide groups is 1. The van der Waals surface area contributed by atoms with E-state index in [0.717, 1.165) is 0 Å². The van der Waals surface area contributed by atoms with E-state index in [2.05, 4.69) is 50.8 Å². The number of rotatable bonds is 5. The molecular formula is C17H33N3O5Si. The molecule has 5 atom stereocenters. The molecule has 0 bridgehead atoms. The lowest BCUT2D eigenvalue weighted by Crippen LogP contribution is -2.65. The van der Waals surface area contributed by atoms with Gasteiger partial charge in [-0.2, -0.15) is 0 Å². The van der Waals surface area contributed by atoms with Gasteiger partial charge in [0.1, 0.15) is 18.2 Å². The Labute approximate surface area is 156 Å². The largest absolute Gasteiger partial charge is 0.392 e. The molecule has 2 unspecified atom stereocenters. The monoisotopic (exact) mass is 387 g/mol. The fourth-order valence-electron chi connectivity index (χ4n) is 3.25. The summed E-state index contributed by atoms with van der Waals surface area (Å²) >= 11 is 0. The Morgan fingerprint density at radius 2 is 1.96 bits per heavy atom. The topological polar surface area (TPSA) is 106 Å². The number of aliphatic hydroxyl groups excluding tert-OH is 1. The Morgan fingerprint density at radius 3 is 2.50 bits per heavy atom. The quantitative estimate of drug-likeness (QED) is 0.336. The molecule has 0 amide bonds. The third-order valence-electron chi connectivity index (χ3n) is 6.25. The molecule has 9 heteroatoms. The first-order valence-corrected chi connectivity index (χ1v) is 12.1. The molecule has 0 aromatic carbocycles. The van der Waals surface area contributed by atoms with Gasteiger partial charge < -0.3 is 23.7 Å². The van der Waals surface area contributed by atoms with Gasteiger partial charge in [-0.15, -0.1) is 0 Å². The summed E-state index contributed by atoms with van der Waals surface area (Å²) in [6.45, 7) is 16.8. The summed E-state index contributed by atoms with van der Waals surface area (Å²) in [5.41, 5.74) is 8.98. The number of nitrogens with zero attached hydrogens (tertiary/aromatic N) is 3. The summed E-state index contributed by atoms with van der Waals surface area (Å²) in [6, 6.07) is -0.870. The van der Waals surface area contributed by atoms with Gasteiger partial charge in [0.15, 0.2) is 20.4 Å². The minimum Gasteiger partial charge on any atom is -0.392 e. The van der Waals surface area contributed by atoms with Crippen molar-refractivity contribution in [1.82, 2.24) is 0 Å². The summed E-state index contributed by atoms with van der Waals surface area (Å²) < 4.78 is 24.0. The molecular weight excluding hydrogens is 354 g/mol. The van der Waals surface area contributed by atoms with Crippen LogP contribution in [0.25, 0.3) is 10.4 Å². The Bertz CT molecular complexity index is 563. The van der Waals surface area contributed by atoms with Crippen LogP contribution in [-0.2, 0) is 18.6 Å². The van der Waals surface area contributed by atoms with Crippen molar-refractivity contribution < 1.29 is 23.7 Å². The van der Waals surface area contributed by atoms with Gasteiger partial charge >= 0.3 is 0 Å². The number of fused-ring (bicyclic) bond motifs is 1. The molecule has 2 aliphatic rings. The Hall–Kier alpha value is -0.673. The van der Waals surface area contributed by atoms with Crippen LogP contribution in [-0.4, -0.2) is 56.5 Å². The highest BCUT2D eigenvalue weighted by atomic mass is 28.4. The molecule has 0 saturated carbocycles. The van der Waals surface area contributed by atoms with E-state index < -0.39 is 44.7 Å². The van der Waals surface area contributed by atoms with Crippen molar-refractivity contribution in [2.75, 3.05) is 6.61 Å². The van der Waals surface area contributed by atoms with Crippen LogP contribution in [0.2, 0.25) is 18.1 Å². The van der Waals surface area contributed by atoms with Crippen molar-refractivity contribution in [2.45, 2.75) is 96.1 Å². The Kier molecular flexibility index (Phi) is 6.15. The van der Waals surface area contributed by atoms with Gasteiger partial charge in [0.05, 0.1) is 12.7 Å². The highest BCUT2D eigenvalue weighted by Gasteiger charge is 2.54. The lowest BCUT2D eigenvalue weighted by Gasteiger charge is -2.51. The van der Waals surface area contributed by atoms with Crippen molar-refractivity contribution in [3.8, 4) is 0 Å². The summed E-state index contributed by atoms with van der Waals surface area (Å²) in [7, 11) is -2.27. The average Bonchev–Trinajstić information content (AvgIpc) is 2.51. The third kappa shape index (κ3) is 4.09. The summed E-state index contributed by atoms with van der Waals surface area (Å²) in [5, 5.41) is 14.6. The van der Waals surface area contributed by atoms with Crippen molar-refractivity contribution in [3.63, 3.8) is 0 Å². The highest BCUT2D eigenvalue weighted by Crippen LogP contribution is 2.46. The zero-order valence-corrected chi connectivity index (χ0v) is 18.1. The van der Waals surface area contributed by atoms with E-state index in [4.69, 9.17) is 24.2 Å². The van der Waals surface area contributed by atoms with Gasteiger partial charge in [0, 0.05) is 4.91 Å². The number of ether oxygens (including phenoxy) is 3. The highest BCUT2D eigenvalue weighted by molar-refractivity contribution is 6.74. The first-order valence-electron chi connectivity index (χ1n) is 9.20. The summed E-state index contributed by atoms with van der Waals surface area (Å²) in [5.74, 6) is -0.418. The molecule has 0 radical (unpaired) electrons. The molecule has 0 aromatic heterocycles. The third-order valence-corrected chi connectivity index (χ3v) is 10.7. The van der Waals surface area contributed by atoms with Crippen molar-refractivity contribution >= 4 is 8.32 Å². The second-order valence-electron chi connectivity index (χ2n) is 9.03. The predicted molar refractivity (Wildman–Crippen MR) is 100.0 cm³/mol. The zero-order valence-electron chi connectivity index (χ0n) is 17.1. The fourth-order valence-corrected chi connectivity index (χ4v) is 5.72. The number of aliphatic hydroxyl groups is 1. The maximum atomic E-state index is 10.8. The van der Waals surface area contributed by atoms with Crippen molar-refractivity contribution in [2.24, 2.45) is 11.0 Å². The summed E-state index contributed by atoms with van der Waals surface area (Å²) in [4.78, 5) is 2.89. The number of hydrogen-bond donors (Lipinski definition) is 1. The van der Waals surface area contributed by atoms with Crippen LogP contribution >= 0.6 is 0 Å². The van der Waals surface area contributed by atoms with Gasteiger partial charge in [-0.3, -0.25) is 0 Å². The fraction of sp³-hybridized carbons (Fsp3) is 1.00. The van der Waals surface area contributed by atoms with E-state index in [1.807, 2.05) is 0 Å². The normalized spacial score (nSPS) is 34.9. The Morgan fingerprint density at radius 1 is 1.35 bits per heavy atom. The standard InChI is InChI=1S/C17H33N3O5Si/c1-10(2)16(3,4)26(7,8)25-15-12(19-20-18)13(21)14-11(23-15)9-22-17(5,6)24-14/h10-15,21H,9H2,1-8H3/t11?,12?,13-,14+,15+/m1/s1. The molecule has 2 fully saturated rings. The molecule has 1 N–H and O–H groups in total. The van der Waals surface area contributed by atoms with E-state index >= 15 is 0 Å². The lowest BCUT2D eigenvalue weighted by atomic mass is 9.96. The van der Waals surface area contributed by atoms with Crippen LogP contribution < -0.4 is 0 Å². The van der Waals surface area contributed by atoms with Crippen LogP contribution in [0.3, 0.4) is 0 Å². The van der Waals surface area contributed by atoms with Crippen LogP contribution in [0.15, 0.2) is 5.11 Å². The van der Waals surface area contributed by atoms with Crippen LogP contribution in [0.1, 0.15) is 41.5 Å². The molecule has 2 saturated heterocycles. The van der Waals surface area contributed by atoms with E-state index in [1.165, 1.54) is 0 Å². The molecule has 0 aliphatic carbocycles. The number of hydrogen-bond acceptors (Lipinski definition) is 6. The van der Waals surface area contributed by atoms with Crippen LogP contribution in [0, 0.1) is 5.92 Å². The molecule has 0 spiro atoms. The minimum atomic E-state index is -2.27. The minimum absolute atomic E-state index is 0.0410. The SMILES string of the molecule is CC(C)C(C)(C)[Si](C)(C)O[C@@H]1OC2COC(C)(C)O[C@@H]2[C@H](O)C1N=[N+]=[N-]. The molecule has 150 valence electrons. The molecule has 8 nitrogen and oxygen atoms in total. The smallest absolute Gasteiger partial charge is 0.196 e.